The van der Waals surface area contributed by atoms with Crippen LogP contribution < -0.4 is 4.74 Å². The summed E-state index contributed by atoms with van der Waals surface area (Å²) in [6, 6.07) is 7.98. The summed E-state index contributed by atoms with van der Waals surface area (Å²) in [6.07, 6.45) is 0. The van der Waals surface area contributed by atoms with Crippen LogP contribution in [0.2, 0.25) is 0 Å². The molecule has 12 heavy (non-hydrogen) atoms. The van der Waals surface area contributed by atoms with Crippen molar-refractivity contribution in [3.63, 3.8) is 0 Å². The summed E-state index contributed by atoms with van der Waals surface area (Å²) in [5, 5.41) is 0.879. The van der Waals surface area contributed by atoms with Gasteiger partial charge in [0.25, 0.3) is 0 Å². The normalized spacial score (nSPS) is 8.33. The second-order valence-corrected chi connectivity index (χ2v) is 2.55. The molecule has 68 valence electrons. The Labute approximate surface area is 82.9 Å². The average Bonchev–Trinajstić information content (AvgIpc) is 2.21. The van der Waals surface area contributed by atoms with Crippen LogP contribution in [0.3, 0.4) is 0 Å². The van der Waals surface area contributed by atoms with E-state index in [0.29, 0.717) is 0 Å². The van der Waals surface area contributed by atoms with E-state index in [1.807, 2.05) is 32.0 Å². The highest BCUT2D eigenvalue weighted by molar-refractivity contribution is 9.08. The zero-order valence-electron chi connectivity index (χ0n) is 7.80. The lowest BCUT2D eigenvalue weighted by molar-refractivity contribution is 0.414. The molecule has 1 rings (SSSR count). The molecule has 2 heteroatoms. The topological polar surface area (TPSA) is 9.23 Å². The van der Waals surface area contributed by atoms with Crippen molar-refractivity contribution in [1.29, 1.82) is 0 Å². The van der Waals surface area contributed by atoms with E-state index >= 15 is 0 Å². The predicted octanol–water partition coefficient (Wildman–Crippen LogP) is 3.62. The molecule has 0 aromatic heterocycles. The molecule has 0 fully saturated rings. The Hall–Kier alpha value is -0.500. The molecule has 0 aliphatic carbocycles. The summed E-state index contributed by atoms with van der Waals surface area (Å²) in [6.45, 7) is 4.00. The Morgan fingerprint density at radius 2 is 2.00 bits per heavy atom. The molecule has 0 saturated heterocycles. The largest absolute Gasteiger partial charge is 0.497 e. The Kier molecular flexibility index (Phi) is 6.87. The zero-order chi connectivity index (χ0) is 9.40. The lowest BCUT2D eigenvalue weighted by Gasteiger charge is -1.99. The van der Waals surface area contributed by atoms with Gasteiger partial charge in [-0.2, -0.15) is 0 Å². The number of hydrogen-bond acceptors (Lipinski definition) is 1. The highest BCUT2D eigenvalue weighted by atomic mass is 79.9. The van der Waals surface area contributed by atoms with Gasteiger partial charge in [0.1, 0.15) is 5.75 Å². The Balaban J connectivity index is 0.000000561. The summed E-state index contributed by atoms with van der Waals surface area (Å²) >= 11 is 3.37. The second-order valence-electron chi connectivity index (χ2n) is 1.99. The molecule has 0 N–H and O–H groups in total. The predicted molar refractivity (Wildman–Crippen MR) is 57.0 cm³/mol. The minimum Gasteiger partial charge on any atom is -0.497 e. The van der Waals surface area contributed by atoms with Gasteiger partial charge in [0.2, 0.25) is 0 Å². The van der Waals surface area contributed by atoms with Crippen molar-refractivity contribution in [1.82, 2.24) is 0 Å². The number of halogens is 1. The summed E-state index contributed by atoms with van der Waals surface area (Å²) in [7, 11) is 1.67. The van der Waals surface area contributed by atoms with Crippen molar-refractivity contribution in [2.75, 3.05) is 7.11 Å². The third-order valence-corrected chi connectivity index (χ3v) is 1.94. The van der Waals surface area contributed by atoms with E-state index in [0.717, 1.165) is 11.1 Å². The maximum atomic E-state index is 5.04. The quantitative estimate of drug-likeness (QED) is 0.706. The fourth-order valence-corrected chi connectivity index (χ4v) is 1.10. The molecular weight excluding hydrogens is 216 g/mol. The van der Waals surface area contributed by atoms with Gasteiger partial charge in [-0.3, -0.25) is 0 Å². The fourth-order valence-electron chi connectivity index (χ4n) is 0.756. The molecule has 0 aliphatic heterocycles. The van der Waals surface area contributed by atoms with E-state index in [9.17, 15) is 0 Å². The van der Waals surface area contributed by atoms with Gasteiger partial charge < -0.3 is 4.74 Å². The summed E-state index contributed by atoms with van der Waals surface area (Å²) in [5.41, 5.74) is 1.24. The van der Waals surface area contributed by atoms with Gasteiger partial charge in [-0.1, -0.05) is 41.9 Å². The van der Waals surface area contributed by atoms with Crippen molar-refractivity contribution in [3.8, 4) is 5.75 Å². The maximum absolute atomic E-state index is 5.04. The molecular formula is C10H15BrO. The molecule has 0 radical (unpaired) electrons. The Morgan fingerprint density at radius 3 is 2.50 bits per heavy atom. The number of alkyl halides is 1. The highest BCUT2D eigenvalue weighted by Gasteiger charge is 1.91. The van der Waals surface area contributed by atoms with Gasteiger partial charge in [-0.15, -0.1) is 0 Å². The maximum Gasteiger partial charge on any atom is 0.119 e. The molecule has 0 spiro atoms. The molecule has 0 heterocycles. The smallest absolute Gasteiger partial charge is 0.119 e. The van der Waals surface area contributed by atoms with Crippen molar-refractivity contribution < 1.29 is 4.74 Å². The lowest BCUT2D eigenvalue weighted by atomic mass is 10.2. The molecule has 0 amide bonds. The lowest BCUT2D eigenvalue weighted by Crippen LogP contribution is -1.83. The SMILES string of the molecule is CC.COc1cccc(CBr)c1. The van der Waals surface area contributed by atoms with Crippen LogP contribution in [0.4, 0.5) is 0 Å². The standard InChI is InChI=1S/C8H9BrO.C2H6/c1-10-8-4-2-3-7(5-8)6-9;1-2/h2-5H,6H2,1H3;1-2H3. The van der Waals surface area contributed by atoms with E-state index in [4.69, 9.17) is 4.74 Å². The first kappa shape index (κ1) is 11.5. The molecule has 0 saturated carbocycles. The number of ether oxygens (including phenoxy) is 1. The van der Waals surface area contributed by atoms with Crippen molar-refractivity contribution in [2.45, 2.75) is 19.2 Å². The molecule has 1 nitrogen and oxygen atoms in total. The van der Waals surface area contributed by atoms with Gasteiger partial charge in [0.15, 0.2) is 0 Å². The zero-order valence-corrected chi connectivity index (χ0v) is 9.39. The van der Waals surface area contributed by atoms with E-state index < -0.39 is 0 Å². The monoisotopic (exact) mass is 230 g/mol. The highest BCUT2D eigenvalue weighted by Crippen LogP contribution is 2.14. The average molecular weight is 231 g/mol. The summed E-state index contributed by atoms with van der Waals surface area (Å²) in [5.74, 6) is 0.914. The first-order chi connectivity index (χ1) is 5.86. The van der Waals surface area contributed by atoms with Gasteiger partial charge in [0.05, 0.1) is 7.11 Å². The van der Waals surface area contributed by atoms with Crippen molar-refractivity contribution >= 4 is 15.9 Å². The number of benzene rings is 1. The van der Waals surface area contributed by atoms with Gasteiger partial charge >= 0.3 is 0 Å². The molecule has 0 unspecified atom stereocenters. The first-order valence-corrected chi connectivity index (χ1v) is 5.18. The number of hydrogen-bond donors (Lipinski definition) is 0. The van der Waals surface area contributed by atoms with Crippen LogP contribution in [0.25, 0.3) is 0 Å². The van der Waals surface area contributed by atoms with Gasteiger partial charge in [-0.25, -0.2) is 0 Å². The Morgan fingerprint density at radius 1 is 1.33 bits per heavy atom. The molecule has 1 aromatic rings. The Bertz CT molecular complexity index is 191. The van der Waals surface area contributed by atoms with Crippen LogP contribution in [0.5, 0.6) is 5.75 Å². The minimum atomic E-state index is 0.879. The number of methoxy groups -OCH3 is 1. The summed E-state index contributed by atoms with van der Waals surface area (Å²) in [4.78, 5) is 0. The van der Waals surface area contributed by atoms with Gasteiger partial charge in [0, 0.05) is 5.33 Å². The van der Waals surface area contributed by atoms with Crippen molar-refractivity contribution in [3.05, 3.63) is 29.8 Å². The summed E-state index contributed by atoms with van der Waals surface area (Å²) < 4.78 is 5.04. The van der Waals surface area contributed by atoms with Crippen LogP contribution in [0.1, 0.15) is 19.4 Å². The van der Waals surface area contributed by atoms with E-state index in [1.165, 1.54) is 5.56 Å². The third kappa shape index (κ3) is 3.77. The molecule has 0 atom stereocenters. The molecule has 1 aromatic carbocycles. The number of rotatable bonds is 2. The van der Waals surface area contributed by atoms with E-state index in [1.54, 1.807) is 7.11 Å². The second kappa shape index (κ2) is 7.17. The third-order valence-electron chi connectivity index (χ3n) is 1.29. The molecule has 0 bridgehead atoms. The van der Waals surface area contributed by atoms with Gasteiger partial charge in [-0.05, 0) is 17.7 Å². The van der Waals surface area contributed by atoms with Crippen LogP contribution in [0.15, 0.2) is 24.3 Å². The first-order valence-electron chi connectivity index (χ1n) is 4.05. The van der Waals surface area contributed by atoms with Crippen LogP contribution in [0, 0.1) is 0 Å². The van der Waals surface area contributed by atoms with Crippen LogP contribution >= 0.6 is 15.9 Å². The van der Waals surface area contributed by atoms with Crippen LogP contribution in [-0.2, 0) is 5.33 Å². The van der Waals surface area contributed by atoms with Crippen LogP contribution in [-0.4, -0.2) is 7.11 Å². The van der Waals surface area contributed by atoms with E-state index in [-0.39, 0.29) is 0 Å². The molecule has 0 aliphatic rings. The minimum absolute atomic E-state index is 0.879. The van der Waals surface area contributed by atoms with Crippen molar-refractivity contribution in [2.24, 2.45) is 0 Å². The van der Waals surface area contributed by atoms with E-state index in [2.05, 4.69) is 22.0 Å². The fraction of sp³-hybridized carbons (Fsp3) is 0.400.